The lowest BCUT2D eigenvalue weighted by Gasteiger charge is -2.41. The number of phenols is 1. The van der Waals surface area contributed by atoms with Gasteiger partial charge >= 0.3 is 14.2 Å². The minimum absolute atomic E-state index is 0.117. The summed E-state index contributed by atoms with van der Waals surface area (Å²) in [5, 5.41) is 39.4. The van der Waals surface area contributed by atoms with E-state index in [1.54, 1.807) is 36.4 Å². The van der Waals surface area contributed by atoms with Crippen LogP contribution >= 0.6 is 0 Å². The van der Waals surface area contributed by atoms with Crippen molar-refractivity contribution in [1.82, 2.24) is 0 Å². The minimum Gasteiger partial charge on any atom is -0.508 e. The molecule has 8 nitrogen and oxygen atoms in total. The van der Waals surface area contributed by atoms with Gasteiger partial charge in [0.2, 0.25) is 11.8 Å². The number of amides is 2. The van der Waals surface area contributed by atoms with E-state index in [0.717, 1.165) is 16.0 Å². The number of anilines is 1. The third-order valence-electron chi connectivity index (χ3n) is 7.05. The second kappa shape index (κ2) is 8.14. The number of hydrogen-bond acceptors (Lipinski definition) is 7. The van der Waals surface area contributed by atoms with Crippen molar-refractivity contribution in [3.63, 3.8) is 0 Å². The summed E-state index contributed by atoms with van der Waals surface area (Å²) in [6.07, 6.45) is 0.271. The molecule has 4 N–H and O–H groups in total. The van der Waals surface area contributed by atoms with Crippen molar-refractivity contribution in [3.8, 4) is 5.75 Å². The van der Waals surface area contributed by atoms with Crippen LogP contribution in [0, 0.1) is 17.8 Å². The molecule has 2 aromatic rings. The van der Waals surface area contributed by atoms with E-state index in [0.29, 0.717) is 24.0 Å². The summed E-state index contributed by atoms with van der Waals surface area (Å²) in [5.41, 5.74) is 2.76. The molecule has 2 aliphatic heterocycles. The SMILES string of the molecule is CC1=C2B(O)O[C@H](c3ccc(O)cc3)C[C@H]2[C@H]2C(=O)N(c3cccc(B(O)O)c3)C(=O)[C@H]2C1. The topological polar surface area (TPSA) is 128 Å². The normalized spacial score (nSPS) is 27.0. The Kier molecular flexibility index (Phi) is 5.41. The Hall–Kier alpha value is -2.91. The van der Waals surface area contributed by atoms with E-state index < -0.39 is 32.2 Å². The molecule has 0 aromatic heterocycles. The molecular formula is C23H23B2NO7. The van der Waals surface area contributed by atoms with Gasteiger partial charge in [-0.3, -0.25) is 14.5 Å². The third-order valence-corrected chi connectivity index (χ3v) is 7.05. The molecule has 4 atom stereocenters. The van der Waals surface area contributed by atoms with Crippen LogP contribution in [0.15, 0.2) is 59.6 Å². The molecule has 33 heavy (non-hydrogen) atoms. The molecule has 2 saturated heterocycles. The molecule has 0 bridgehead atoms. The summed E-state index contributed by atoms with van der Waals surface area (Å²) in [7, 11) is -2.90. The first kappa shape index (κ1) is 21.9. The second-order valence-electron chi connectivity index (χ2n) is 8.96. The van der Waals surface area contributed by atoms with E-state index in [9.17, 15) is 29.8 Å². The maximum absolute atomic E-state index is 13.6. The van der Waals surface area contributed by atoms with Gasteiger partial charge in [-0.25, -0.2) is 0 Å². The second-order valence-corrected chi connectivity index (χ2v) is 8.96. The van der Waals surface area contributed by atoms with E-state index in [2.05, 4.69) is 0 Å². The van der Waals surface area contributed by atoms with Gasteiger partial charge in [-0.05, 0) is 66.4 Å². The Balaban J connectivity index is 1.51. The lowest BCUT2D eigenvalue weighted by atomic mass is 9.55. The van der Waals surface area contributed by atoms with Gasteiger partial charge in [-0.15, -0.1) is 0 Å². The highest BCUT2D eigenvalue weighted by Crippen LogP contribution is 2.51. The first-order valence-corrected chi connectivity index (χ1v) is 10.9. The summed E-state index contributed by atoms with van der Waals surface area (Å²) >= 11 is 0. The third kappa shape index (κ3) is 3.59. The van der Waals surface area contributed by atoms with E-state index in [-0.39, 0.29) is 28.9 Å². The van der Waals surface area contributed by atoms with Crippen molar-refractivity contribution in [2.45, 2.75) is 25.9 Å². The maximum atomic E-state index is 13.6. The van der Waals surface area contributed by atoms with Crippen LogP contribution in [0.25, 0.3) is 0 Å². The van der Waals surface area contributed by atoms with Crippen LogP contribution in [0.5, 0.6) is 5.75 Å². The highest BCUT2D eigenvalue weighted by atomic mass is 16.5. The molecule has 2 aromatic carbocycles. The number of imide groups is 1. The number of phenolic OH excluding ortho intramolecular Hbond substituents is 1. The molecular weight excluding hydrogens is 424 g/mol. The Morgan fingerprint density at radius 2 is 1.79 bits per heavy atom. The van der Waals surface area contributed by atoms with Crippen LogP contribution in [0.2, 0.25) is 0 Å². The molecule has 2 heterocycles. The summed E-state index contributed by atoms with van der Waals surface area (Å²) in [6, 6.07) is 12.6. The largest absolute Gasteiger partial charge is 0.508 e. The monoisotopic (exact) mass is 447 g/mol. The van der Waals surface area contributed by atoms with Crippen molar-refractivity contribution >= 4 is 37.2 Å². The van der Waals surface area contributed by atoms with Gasteiger partial charge in [0.05, 0.1) is 23.6 Å². The molecule has 0 radical (unpaired) electrons. The molecule has 0 unspecified atom stereocenters. The van der Waals surface area contributed by atoms with E-state index in [1.165, 1.54) is 12.1 Å². The highest BCUT2D eigenvalue weighted by Gasteiger charge is 2.57. The molecule has 3 aliphatic rings. The maximum Gasteiger partial charge on any atom is 0.488 e. The summed E-state index contributed by atoms with van der Waals surface area (Å²) in [5.74, 6) is -2.14. The van der Waals surface area contributed by atoms with Gasteiger partial charge in [0.1, 0.15) is 5.75 Å². The van der Waals surface area contributed by atoms with Gasteiger partial charge in [0, 0.05) is 0 Å². The van der Waals surface area contributed by atoms with Gasteiger partial charge in [-0.1, -0.05) is 29.8 Å². The number of fused-ring (bicyclic) bond motifs is 3. The van der Waals surface area contributed by atoms with E-state index in [1.807, 2.05) is 6.92 Å². The van der Waals surface area contributed by atoms with Crippen molar-refractivity contribution in [2.24, 2.45) is 17.8 Å². The van der Waals surface area contributed by atoms with Crippen molar-refractivity contribution in [2.75, 3.05) is 4.90 Å². The van der Waals surface area contributed by atoms with Crippen LogP contribution in [0.1, 0.15) is 31.4 Å². The fourth-order valence-electron chi connectivity index (χ4n) is 5.54. The molecule has 0 saturated carbocycles. The zero-order valence-corrected chi connectivity index (χ0v) is 18.0. The molecule has 2 amide bonds. The number of allylic oxidation sites excluding steroid dienone is 2. The zero-order valence-electron chi connectivity index (χ0n) is 18.0. The molecule has 2 fully saturated rings. The first-order valence-electron chi connectivity index (χ1n) is 10.9. The fraction of sp³-hybridized carbons (Fsp3) is 0.304. The van der Waals surface area contributed by atoms with E-state index >= 15 is 0 Å². The predicted octanol–water partition coefficient (Wildman–Crippen LogP) is 0.695. The van der Waals surface area contributed by atoms with Gasteiger partial charge in [0.15, 0.2) is 0 Å². The number of aromatic hydroxyl groups is 1. The van der Waals surface area contributed by atoms with Gasteiger partial charge in [-0.2, -0.15) is 0 Å². The zero-order chi connectivity index (χ0) is 23.4. The van der Waals surface area contributed by atoms with Crippen molar-refractivity contribution in [3.05, 3.63) is 65.1 Å². The number of carbonyl (C=O) groups excluding carboxylic acids is 2. The number of hydrogen-bond donors (Lipinski definition) is 4. The summed E-state index contributed by atoms with van der Waals surface area (Å²) < 4.78 is 5.87. The van der Waals surface area contributed by atoms with Crippen molar-refractivity contribution < 1.29 is 34.4 Å². The van der Waals surface area contributed by atoms with E-state index in [4.69, 9.17) is 4.65 Å². The Bertz CT molecular complexity index is 1150. The van der Waals surface area contributed by atoms with Crippen LogP contribution < -0.4 is 10.4 Å². The average molecular weight is 447 g/mol. The molecule has 1 aliphatic carbocycles. The average Bonchev–Trinajstić information content (AvgIpc) is 3.03. The fourth-order valence-corrected chi connectivity index (χ4v) is 5.54. The number of rotatable bonds is 3. The summed E-state index contributed by atoms with van der Waals surface area (Å²) in [4.78, 5) is 28.1. The highest BCUT2D eigenvalue weighted by molar-refractivity contribution is 6.58. The van der Waals surface area contributed by atoms with Crippen LogP contribution in [-0.4, -0.2) is 46.2 Å². The van der Waals surface area contributed by atoms with Crippen LogP contribution in [0.3, 0.4) is 0 Å². The number of benzene rings is 2. The first-order chi connectivity index (χ1) is 15.8. The predicted molar refractivity (Wildman–Crippen MR) is 121 cm³/mol. The lowest BCUT2D eigenvalue weighted by Crippen LogP contribution is -2.44. The summed E-state index contributed by atoms with van der Waals surface area (Å²) in [6.45, 7) is 1.86. The minimum atomic E-state index is -1.72. The molecule has 0 spiro atoms. The quantitative estimate of drug-likeness (QED) is 0.403. The Morgan fingerprint density at radius 1 is 1.06 bits per heavy atom. The van der Waals surface area contributed by atoms with Gasteiger partial charge in [0.25, 0.3) is 0 Å². The Labute approximate surface area is 191 Å². The molecule has 168 valence electrons. The standard InChI is InChI=1S/C23H23B2NO7/c1-12-9-18-20(23(29)26(22(18)28)15-4-2-3-14(10-15)24(30)31)17-11-19(33-25(32)21(12)17)13-5-7-16(27)8-6-13/h2-8,10,17-20,27,30-32H,9,11H2,1H3/t17-,18-,19-,20+/m0/s1. The van der Waals surface area contributed by atoms with Crippen molar-refractivity contribution in [1.29, 1.82) is 0 Å². The number of carbonyl (C=O) groups is 2. The molecule has 5 rings (SSSR count). The van der Waals surface area contributed by atoms with Crippen LogP contribution in [-0.2, 0) is 14.2 Å². The van der Waals surface area contributed by atoms with Crippen LogP contribution in [0.4, 0.5) is 5.69 Å². The van der Waals surface area contributed by atoms with Gasteiger partial charge < -0.3 is 24.8 Å². The lowest BCUT2D eigenvalue weighted by molar-refractivity contribution is -0.123. The molecule has 10 heteroatoms. The smallest absolute Gasteiger partial charge is 0.488 e. The number of nitrogens with zero attached hydrogens (tertiary/aromatic N) is 1. The Morgan fingerprint density at radius 3 is 2.48 bits per heavy atom.